The minimum atomic E-state index is 0.745. The van der Waals surface area contributed by atoms with E-state index in [-0.39, 0.29) is 0 Å². The molecule has 0 atom stereocenters. The molecule has 16 heavy (non-hydrogen) atoms. The zero-order valence-electron chi connectivity index (χ0n) is 9.43. The van der Waals surface area contributed by atoms with E-state index in [0.29, 0.717) is 0 Å². The SMILES string of the molecule is Cc1ccccc1/C=N/Cc1ccccc1. The first-order valence-electron chi connectivity index (χ1n) is 5.45. The van der Waals surface area contributed by atoms with E-state index in [1.807, 2.05) is 36.5 Å². The highest BCUT2D eigenvalue weighted by Crippen LogP contribution is 2.05. The number of hydrogen-bond donors (Lipinski definition) is 0. The molecule has 0 spiro atoms. The molecule has 0 saturated carbocycles. The van der Waals surface area contributed by atoms with Gasteiger partial charge < -0.3 is 0 Å². The maximum absolute atomic E-state index is 4.45. The van der Waals surface area contributed by atoms with E-state index in [1.165, 1.54) is 16.7 Å². The summed E-state index contributed by atoms with van der Waals surface area (Å²) in [5.74, 6) is 0. The van der Waals surface area contributed by atoms with E-state index in [1.54, 1.807) is 0 Å². The highest BCUT2D eigenvalue weighted by molar-refractivity contribution is 5.81. The Balaban J connectivity index is 2.03. The van der Waals surface area contributed by atoms with Crippen LogP contribution < -0.4 is 0 Å². The molecule has 0 saturated heterocycles. The molecule has 0 aliphatic carbocycles. The Kier molecular flexibility index (Phi) is 3.50. The molecule has 0 fully saturated rings. The number of benzene rings is 2. The van der Waals surface area contributed by atoms with Crippen LogP contribution in [0, 0.1) is 6.92 Å². The lowest BCUT2D eigenvalue weighted by atomic mass is 10.1. The van der Waals surface area contributed by atoms with Crippen LogP contribution in [0.25, 0.3) is 0 Å². The molecule has 0 bridgehead atoms. The van der Waals surface area contributed by atoms with Crippen LogP contribution in [0.5, 0.6) is 0 Å². The van der Waals surface area contributed by atoms with Gasteiger partial charge in [0.15, 0.2) is 0 Å². The van der Waals surface area contributed by atoms with Crippen molar-refractivity contribution in [2.75, 3.05) is 0 Å². The van der Waals surface area contributed by atoms with Crippen LogP contribution in [0.15, 0.2) is 59.6 Å². The molecule has 2 rings (SSSR count). The van der Waals surface area contributed by atoms with Crippen molar-refractivity contribution in [3.05, 3.63) is 71.3 Å². The molecule has 0 aliphatic heterocycles. The van der Waals surface area contributed by atoms with Gasteiger partial charge in [0.2, 0.25) is 0 Å². The lowest BCUT2D eigenvalue weighted by Gasteiger charge is -1.98. The van der Waals surface area contributed by atoms with Crippen molar-refractivity contribution < 1.29 is 0 Å². The summed E-state index contributed by atoms with van der Waals surface area (Å²) in [5, 5.41) is 0. The third-order valence-corrected chi connectivity index (χ3v) is 2.54. The predicted molar refractivity (Wildman–Crippen MR) is 68.9 cm³/mol. The zero-order valence-corrected chi connectivity index (χ0v) is 9.43. The summed E-state index contributed by atoms with van der Waals surface area (Å²) in [6.07, 6.45) is 1.95. The van der Waals surface area contributed by atoms with Gasteiger partial charge >= 0.3 is 0 Å². The van der Waals surface area contributed by atoms with Crippen molar-refractivity contribution in [1.29, 1.82) is 0 Å². The minimum absolute atomic E-state index is 0.745. The lowest BCUT2D eigenvalue weighted by Crippen LogP contribution is -1.87. The summed E-state index contributed by atoms with van der Waals surface area (Å²) in [6, 6.07) is 18.6. The van der Waals surface area contributed by atoms with Crippen molar-refractivity contribution in [2.24, 2.45) is 4.99 Å². The van der Waals surface area contributed by atoms with Gasteiger partial charge in [-0.05, 0) is 23.6 Å². The fourth-order valence-electron chi connectivity index (χ4n) is 1.56. The molecule has 2 aromatic rings. The molecule has 1 heteroatoms. The van der Waals surface area contributed by atoms with Crippen LogP contribution >= 0.6 is 0 Å². The summed E-state index contributed by atoms with van der Waals surface area (Å²) in [7, 11) is 0. The molecule has 0 aromatic heterocycles. The molecule has 0 amide bonds. The Labute approximate surface area is 96.5 Å². The van der Waals surface area contributed by atoms with Gasteiger partial charge in [-0.15, -0.1) is 0 Å². The van der Waals surface area contributed by atoms with Crippen LogP contribution in [0.3, 0.4) is 0 Å². The van der Waals surface area contributed by atoms with Gasteiger partial charge in [-0.25, -0.2) is 0 Å². The van der Waals surface area contributed by atoms with Crippen LogP contribution in [-0.2, 0) is 6.54 Å². The van der Waals surface area contributed by atoms with Crippen LogP contribution in [0.4, 0.5) is 0 Å². The average molecular weight is 209 g/mol. The highest BCUT2D eigenvalue weighted by atomic mass is 14.7. The second-order valence-corrected chi connectivity index (χ2v) is 3.81. The van der Waals surface area contributed by atoms with E-state index < -0.39 is 0 Å². The summed E-state index contributed by atoms with van der Waals surface area (Å²) in [4.78, 5) is 4.45. The van der Waals surface area contributed by atoms with Crippen molar-refractivity contribution >= 4 is 6.21 Å². The Morgan fingerprint density at radius 2 is 1.62 bits per heavy atom. The molecular formula is C15H15N. The third kappa shape index (κ3) is 2.80. The quantitative estimate of drug-likeness (QED) is 0.685. The zero-order chi connectivity index (χ0) is 11.2. The van der Waals surface area contributed by atoms with Gasteiger partial charge in [-0.2, -0.15) is 0 Å². The van der Waals surface area contributed by atoms with Crippen LogP contribution in [-0.4, -0.2) is 6.21 Å². The van der Waals surface area contributed by atoms with E-state index >= 15 is 0 Å². The standard InChI is InChI=1S/C15H15N/c1-13-7-5-6-10-15(13)12-16-11-14-8-3-2-4-9-14/h2-10,12H,11H2,1H3/b16-12+. The smallest absolute Gasteiger partial charge is 0.0639 e. The molecule has 0 heterocycles. The molecule has 0 aliphatic rings. The van der Waals surface area contributed by atoms with Gasteiger partial charge in [-0.1, -0.05) is 54.6 Å². The number of hydrogen-bond acceptors (Lipinski definition) is 1. The molecule has 0 radical (unpaired) electrons. The van der Waals surface area contributed by atoms with Gasteiger partial charge in [0.25, 0.3) is 0 Å². The average Bonchev–Trinajstić information content (AvgIpc) is 2.33. The van der Waals surface area contributed by atoms with E-state index in [4.69, 9.17) is 0 Å². The molecule has 2 aromatic carbocycles. The molecule has 0 N–H and O–H groups in total. The monoisotopic (exact) mass is 209 g/mol. The number of aryl methyl sites for hydroxylation is 1. The Morgan fingerprint density at radius 3 is 2.38 bits per heavy atom. The fourth-order valence-corrected chi connectivity index (χ4v) is 1.56. The van der Waals surface area contributed by atoms with Gasteiger partial charge in [0.05, 0.1) is 6.54 Å². The van der Waals surface area contributed by atoms with Gasteiger partial charge in [0, 0.05) is 6.21 Å². The Bertz CT molecular complexity index is 472. The second-order valence-electron chi connectivity index (χ2n) is 3.81. The molecule has 80 valence electrons. The topological polar surface area (TPSA) is 12.4 Å². The Hall–Kier alpha value is -1.89. The number of nitrogens with zero attached hydrogens (tertiary/aromatic N) is 1. The normalized spacial score (nSPS) is 10.8. The predicted octanol–water partition coefficient (Wildman–Crippen LogP) is 3.61. The fraction of sp³-hybridized carbons (Fsp3) is 0.133. The van der Waals surface area contributed by atoms with E-state index in [9.17, 15) is 0 Å². The maximum Gasteiger partial charge on any atom is 0.0639 e. The van der Waals surface area contributed by atoms with Crippen molar-refractivity contribution in [3.8, 4) is 0 Å². The molecular weight excluding hydrogens is 194 g/mol. The number of aliphatic imine (C=N–C) groups is 1. The number of rotatable bonds is 3. The first-order chi connectivity index (χ1) is 7.86. The molecule has 1 nitrogen and oxygen atoms in total. The minimum Gasteiger partial charge on any atom is -0.288 e. The summed E-state index contributed by atoms with van der Waals surface area (Å²) in [5.41, 5.74) is 3.70. The first-order valence-corrected chi connectivity index (χ1v) is 5.45. The lowest BCUT2D eigenvalue weighted by molar-refractivity contribution is 1.08. The molecule has 0 unspecified atom stereocenters. The first kappa shape index (κ1) is 10.6. The summed E-state index contributed by atoms with van der Waals surface area (Å²) in [6.45, 7) is 2.85. The second kappa shape index (κ2) is 5.26. The largest absolute Gasteiger partial charge is 0.288 e. The van der Waals surface area contributed by atoms with Crippen molar-refractivity contribution in [1.82, 2.24) is 0 Å². The van der Waals surface area contributed by atoms with Crippen LogP contribution in [0.1, 0.15) is 16.7 Å². The third-order valence-electron chi connectivity index (χ3n) is 2.54. The van der Waals surface area contributed by atoms with Gasteiger partial charge in [0.1, 0.15) is 0 Å². The van der Waals surface area contributed by atoms with E-state index in [2.05, 4.69) is 36.2 Å². The van der Waals surface area contributed by atoms with Crippen molar-refractivity contribution in [2.45, 2.75) is 13.5 Å². The highest BCUT2D eigenvalue weighted by Gasteiger charge is 1.91. The van der Waals surface area contributed by atoms with Crippen LogP contribution in [0.2, 0.25) is 0 Å². The summed E-state index contributed by atoms with van der Waals surface area (Å²) < 4.78 is 0. The van der Waals surface area contributed by atoms with Crippen molar-refractivity contribution in [3.63, 3.8) is 0 Å². The maximum atomic E-state index is 4.45. The van der Waals surface area contributed by atoms with Gasteiger partial charge in [-0.3, -0.25) is 4.99 Å². The van der Waals surface area contributed by atoms with E-state index in [0.717, 1.165) is 6.54 Å². The summed E-state index contributed by atoms with van der Waals surface area (Å²) >= 11 is 0. The Morgan fingerprint density at radius 1 is 0.938 bits per heavy atom.